The summed E-state index contributed by atoms with van der Waals surface area (Å²) >= 11 is 0. The molecular formula is C18H20N2O3. The molecule has 0 aliphatic rings. The van der Waals surface area contributed by atoms with Gasteiger partial charge in [-0.25, -0.2) is 4.79 Å². The zero-order valence-corrected chi connectivity index (χ0v) is 13.4. The molecule has 5 nitrogen and oxygen atoms in total. The molecule has 0 bridgehead atoms. The summed E-state index contributed by atoms with van der Waals surface area (Å²) in [5.74, 6) is -0.240. The van der Waals surface area contributed by atoms with Gasteiger partial charge in [0.15, 0.2) is 6.17 Å². The van der Waals surface area contributed by atoms with E-state index in [0.717, 1.165) is 16.8 Å². The molecule has 120 valence electrons. The average Bonchev–Trinajstić information content (AvgIpc) is 2.56. The van der Waals surface area contributed by atoms with E-state index in [-0.39, 0.29) is 5.78 Å². The maximum absolute atomic E-state index is 12.6. The van der Waals surface area contributed by atoms with E-state index in [0.29, 0.717) is 5.56 Å². The molecule has 0 aromatic heterocycles. The molecule has 2 aromatic rings. The number of methoxy groups -OCH3 is 1. The molecule has 0 saturated carbocycles. The summed E-state index contributed by atoms with van der Waals surface area (Å²) in [6.45, 7) is 3.94. The standard InChI is InChI=1S/C18H20N2O3/c1-12-9-10-15(13(2)11-12)19-17(20-18(22)23-3)16(21)14-7-5-4-6-8-14/h4-11,17,19H,1-3H3,(H,20,22). The fourth-order valence-electron chi connectivity index (χ4n) is 2.24. The van der Waals surface area contributed by atoms with Crippen LogP contribution in [-0.4, -0.2) is 25.2 Å². The molecule has 23 heavy (non-hydrogen) atoms. The van der Waals surface area contributed by atoms with Crippen molar-refractivity contribution in [3.05, 3.63) is 65.2 Å². The first-order chi connectivity index (χ1) is 11.0. The number of aryl methyl sites for hydroxylation is 2. The van der Waals surface area contributed by atoms with Gasteiger partial charge in [0.05, 0.1) is 7.11 Å². The van der Waals surface area contributed by atoms with Gasteiger partial charge >= 0.3 is 6.09 Å². The molecule has 1 atom stereocenters. The highest BCUT2D eigenvalue weighted by Gasteiger charge is 2.22. The lowest BCUT2D eigenvalue weighted by atomic mass is 10.1. The normalized spacial score (nSPS) is 11.4. The smallest absolute Gasteiger partial charge is 0.408 e. The number of anilines is 1. The lowest BCUT2D eigenvalue weighted by Gasteiger charge is -2.21. The number of hydrogen-bond acceptors (Lipinski definition) is 4. The Bertz CT molecular complexity index is 699. The quantitative estimate of drug-likeness (QED) is 0.657. The summed E-state index contributed by atoms with van der Waals surface area (Å²) in [5.41, 5.74) is 3.40. The lowest BCUT2D eigenvalue weighted by molar-refractivity contribution is 0.0944. The summed E-state index contributed by atoms with van der Waals surface area (Å²) in [5, 5.41) is 5.61. The maximum Gasteiger partial charge on any atom is 0.408 e. The van der Waals surface area contributed by atoms with Crippen LogP contribution in [-0.2, 0) is 4.74 Å². The van der Waals surface area contributed by atoms with Crippen LogP contribution in [0.2, 0.25) is 0 Å². The van der Waals surface area contributed by atoms with E-state index in [1.807, 2.05) is 38.1 Å². The molecule has 2 aromatic carbocycles. The predicted molar refractivity (Wildman–Crippen MR) is 89.6 cm³/mol. The third-order valence-corrected chi connectivity index (χ3v) is 3.45. The third kappa shape index (κ3) is 4.32. The Labute approximate surface area is 135 Å². The molecule has 0 radical (unpaired) electrons. The molecule has 0 aliphatic heterocycles. The maximum atomic E-state index is 12.6. The van der Waals surface area contributed by atoms with E-state index in [2.05, 4.69) is 15.4 Å². The SMILES string of the molecule is COC(=O)NC(Nc1ccc(C)cc1C)C(=O)c1ccccc1. The Morgan fingerprint density at radius 3 is 2.35 bits per heavy atom. The molecule has 0 saturated heterocycles. The molecule has 1 amide bonds. The first-order valence-corrected chi connectivity index (χ1v) is 7.29. The molecule has 0 heterocycles. The van der Waals surface area contributed by atoms with Crippen LogP contribution in [0.5, 0.6) is 0 Å². The van der Waals surface area contributed by atoms with Gasteiger partial charge in [0, 0.05) is 11.3 Å². The number of carbonyl (C=O) groups excluding carboxylic acids is 2. The van der Waals surface area contributed by atoms with E-state index in [1.54, 1.807) is 24.3 Å². The third-order valence-electron chi connectivity index (χ3n) is 3.45. The highest BCUT2D eigenvalue weighted by atomic mass is 16.5. The number of alkyl carbamates (subject to hydrolysis) is 1. The van der Waals surface area contributed by atoms with Crippen molar-refractivity contribution >= 4 is 17.6 Å². The van der Waals surface area contributed by atoms with Crippen molar-refractivity contribution in [2.45, 2.75) is 20.0 Å². The summed E-state index contributed by atoms with van der Waals surface area (Å²) in [6, 6.07) is 14.6. The van der Waals surface area contributed by atoms with Crippen LogP contribution < -0.4 is 10.6 Å². The molecular weight excluding hydrogens is 292 g/mol. The minimum atomic E-state index is -0.911. The van der Waals surface area contributed by atoms with Crippen molar-refractivity contribution < 1.29 is 14.3 Å². The number of ketones is 1. The van der Waals surface area contributed by atoms with E-state index >= 15 is 0 Å². The molecule has 1 unspecified atom stereocenters. The van der Waals surface area contributed by atoms with Crippen LogP contribution in [0.1, 0.15) is 21.5 Å². The van der Waals surface area contributed by atoms with Crippen molar-refractivity contribution in [2.24, 2.45) is 0 Å². The Hall–Kier alpha value is -2.82. The molecule has 5 heteroatoms. The zero-order chi connectivity index (χ0) is 16.8. The first-order valence-electron chi connectivity index (χ1n) is 7.29. The van der Waals surface area contributed by atoms with Crippen LogP contribution in [0.3, 0.4) is 0 Å². The Morgan fingerprint density at radius 2 is 1.74 bits per heavy atom. The molecule has 0 aliphatic carbocycles. The van der Waals surface area contributed by atoms with Gasteiger partial charge in [0.1, 0.15) is 0 Å². The van der Waals surface area contributed by atoms with E-state index < -0.39 is 12.3 Å². The number of Topliss-reactive ketones (excluding diaryl/α,β-unsaturated/α-hetero) is 1. The Kier molecular flexibility index (Phi) is 5.36. The van der Waals surface area contributed by atoms with Crippen LogP contribution in [0.15, 0.2) is 48.5 Å². The fraction of sp³-hybridized carbons (Fsp3) is 0.222. The van der Waals surface area contributed by atoms with Crippen molar-refractivity contribution in [3.8, 4) is 0 Å². The van der Waals surface area contributed by atoms with Gasteiger partial charge in [-0.05, 0) is 25.5 Å². The summed E-state index contributed by atoms with van der Waals surface area (Å²) < 4.78 is 4.61. The van der Waals surface area contributed by atoms with Gasteiger partial charge in [0.2, 0.25) is 5.78 Å². The van der Waals surface area contributed by atoms with Crippen LogP contribution >= 0.6 is 0 Å². The van der Waals surface area contributed by atoms with Crippen molar-refractivity contribution in [3.63, 3.8) is 0 Å². The topological polar surface area (TPSA) is 67.4 Å². The van der Waals surface area contributed by atoms with Crippen molar-refractivity contribution in [1.82, 2.24) is 5.32 Å². The highest BCUT2D eigenvalue weighted by Crippen LogP contribution is 2.17. The number of nitrogens with one attached hydrogen (secondary N) is 2. The second kappa shape index (κ2) is 7.45. The second-order valence-electron chi connectivity index (χ2n) is 5.26. The second-order valence-corrected chi connectivity index (χ2v) is 5.26. The Balaban J connectivity index is 2.27. The van der Waals surface area contributed by atoms with E-state index in [9.17, 15) is 9.59 Å². The number of hydrogen-bond donors (Lipinski definition) is 2. The molecule has 0 spiro atoms. The van der Waals surface area contributed by atoms with Crippen LogP contribution in [0.25, 0.3) is 0 Å². The van der Waals surface area contributed by atoms with Crippen LogP contribution in [0, 0.1) is 13.8 Å². The number of benzene rings is 2. The highest BCUT2D eigenvalue weighted by molar-refractivity contribution is 6.02. The fourth-order valence-corrected chi connectivity index (χ4v) is 2.24. The van der Waals surface area contributed by atoms with Crippen molar-refractivity contribution in [1.29, 1.82) is 0 Å². The molecule has 2 N–H and O–H groups in total. The van der Waals surface area contributed by atoms with E-state index in [4.69, 9.17) is 0 Å². The van der Waals surface area contributed by atoms with Gasteiger partial charge < -0.3 is 10.1 Å². The predicted octanol–water partition coefficient (Wildman–Crippen LogP) is 3.28. The number of amides is 1. The number of rotatable bonds is 5. The number of carbonyl (C=O) groups is 2. The average molecular weight is 312 g/mol. The monoisotopic (exact) mass is 312 g/mol. The largest absolute Gasteiger partial charge is 0.453 e. The minimum Gasteiger partial charge on any atom is -0.453 e. The number of ether oxygens (including phenoxy) is 1. The summed E-state index contributed by atoms with van der Waals surface area (Å²) in [7, 11) is 1.26. The molecule has 2 rings (SSSR count). The van der Waals surface area contributed by atoms with Gasteiger partial charge in [-0.3, -0.25) is 10.1 Å². The van der Waals surface area contributed by atoms with Gasteiger partial charge in [-0.1, -0.05) is 48.0 Å². The minimum absolute atomic E-state index is 0.240. The first kappa shape index (κ1) is 16.5. The zero-order valence-electron chi connectivity index (χ0n) is 13.4. The van der Waals surface area contributed by atoms with Crippen LogP contribution in [0.4, 0.5) is 10.5 Å². The van der Waals surface area contributed by atoms with Gasteiger partial charge in [0.25, 0.3) is 0 Å². The summed E-state index contributed by atoms with van der Waals surface area (Å²) in [4.78, 5) is 24.2. The Morgan fingerprint density at radius 1 is 1.04 bits per heavy atom. The van der Waals surface area contributed by atoms with Gasteiger partial charge in [-0.15, -0.1) is 0 Å². The van der Waals surface area contributed by atoms with E-state index in [1.165, 1.54) is 7.11 Å². The lowest BCUT2D eigenvalue weighted by Crippen LogP contribution is -2.46. The van der Waals surface area contributed by atoms with Crippen molar-refractivity contribution in [2.75, 3.05) is 12.4 Å². The summed E-state index contributed by atoms with van der Waals surface area (Å²) in [6.07, 6.45) is -1.58. The molecule has 0 fully saturated rings. The van der Waals surface area contributed by atoms with Gasteiger partial charge in [-0.2, -0.15) is 0 Å².